The minimum absolute atomic E-state index is 0.0766. The van der Waals surface area contributed by atoms with E-state index < -0.39 is 4.92 Å². The first-order valence-electron chi connectivity index (χ1n) is 7.03. The molecular formula is C15H19BrN2O3. The van der Waals surface area contributed by atoms with Crippen LogP contribution in [0.15, 0.2) is 22.7 Å². The monoisotopic (exact) mass is 354 g/mol. The summed E-state index contributed by atoms with van der Waals surface area (Å²) in [5.74, 6) is -0.256. The molecule has 1 aliphatic carbocycles. The Labute approximate surface area is 132 Å². The minimum Gasteiger partial charge on any atom is -0.349 e. The van der Waals surface area contributed by atoms with E-state index in [1.165, 1.54) is 24.6 Å². The first kappa shape index (κ1) is 15.9. The summed E-state index contributed by atoms with van der Waals surface area (Å²) in [7, 11) is 0. The lowest BCUT2D eigenvalue weighted by Gasteiger charge is -2.35. The van der Waals surface area contributed by atoms with Gasteiger partial charge in [0.25, 0.3) is 11.6 Å². The molecule has 2 rings (SSSR count). The van der Waals surface area contributed by atoms with E-state index in [0.717, 1.165) is 19.3 Å². The lowest BCUT2D eigenvalue weighted by atomic mass is 9.75. The van der Waals surface area contributed by atoms with Gasteiger partial charge in [-0.3, -0.25) is 14.9 Å². The number of amides is 1. The summed E-state index contributed by atoms with van der Waals surface area (Å²) in [5, 5.41) is 13.8. The smallest absolute Gasteiger partial charge is 0.270 e. The topological polar surface area (TPSA) is 72.2 Å². The first-order chi connectivity index (χ1) is 9.78. The quantitative estimate of drug-likeness (QED) is 0.657. The predicted molar refractivity (Wildman–Crippen MR) is 84.3 cm³/mol. The molecule has 0 saturated heterocycles. The fraction of sp³-hybridized carbons (Fsp3) is 0.533. The van der Waals surface area contributed by atoms with Crippen molar-refractivity contribution in [3.05, 3.63) is 38.3 Å². The number of non-ortho nitro benzene ring substituents is 1. The third-order valence-electron chi connectivity index (χ3n) is 3.95. The highest BCUT2D eigenvalue weighted by Gasteiger charge is 2.29. The van der Waals surface area contributed by atoms with Crippen LogP contribution >= 0.6 is 15.9 Å². The normalized spacial score (nSPS) is 20.8. The highest BCUT2D eigenvalue weighted by molar-refractivity contribution is 9.10. The molecule has 1 unspecified atom stereocenters. The molecule has 0 aliphatic heterocycles. The van der Waals surface area contributed by atoms with Gasteiger partial charge in [0, 0.05) is 22.6 Å². The average molecular weight is 355 g/mol. The highest BCUT2D eigenvalue weighted by Crippen LogP contribution is 2.35. The van der Waals surface area contributed by atoms with Gasteiger partial charge in [-0.25, -0.2) is 0 Å². The number of carbonyl (C=O) groups excluding carboxylic acids is 1. The van der Waals surface area contributed by atoms with Crippen LogP contribution in [0.2, 0.25) is 0 Å². The number of nitrogens with one attached hydrogen (secondary N) is 1. The summed E-state index contributed by atoms with van der Waals surface area (Å²) in [6, 6.07) is 4.36. The summed E-state index contributed by atoms with van der Waals surface area (Å²) in [6.45, 7) is 4.41. The lowest BCUT2D eigenvalue weighted by molar-refractivity contribution is -0.384. The molecule has 0 aromatic heterocycles. The molecular weight excluding hydrogens is 336 g/mol. The van der Waals surface area contributed by atoms with E-state index in [1.807, 2.05) is 0 Å². The summed E-state index contributed by atoms with van der Waals surface area (Å²) >= 11 is 3.28. The SMILES string of the molecule is CC1(C)CCCC(NC(=O)c2cc([N+](=O)[O-])ccc2Br)C1. The molecule has 0 heterocycles. The van der Waals surface area contributed by atoms with Gasteiger partial charge >= 0.3 is 0 Å². The molecule has 0 spiro atoms. The Morgan fingerprint density at radius 3 is 2.81 bits per heavy atom. The van der Waals surface area contributed by atoms with Crippen molar-refractivity contribution >= 4 is 27.5 Å². The Morgan fingerprint density at radius 1 is 1.48 bits per heavy atom. The molecule has 114 valence electrons. The van der Waals surface area contributed by atoms with Gasteiger partial charge in [-0.15, -0.1) is 0 Å². The molecule has 21 heavy (non-hydrogen) atoms. The van der Waals surface area contributed by atoms with Gasteiger partial charge in [0.2, 0.25) is 0 Å². The van der Waals surface area contributed by atoms with Crippen molar-refractivity contribution < 1.29 is 9.72 Å². The van der Waals surface area contributed by atoms with E-state index in [0.29, 0.717) is 10.0 Å². The summed E-state index contributed by atoms with van der Waals surface area (Å²) in [6.07, 6.45) is 4.15. The number of nitro groups is 1. The van der Waals surface area contributed by atoms with Gasteiger partial charge in [0.05, 0.1) is 10.5 Å². The number of rotatable bonds is 3. The van der Waals surface area contributed by atoms with Crippen LogP contribution in [0, 0.1) is 15.5 Å². The Hall–Kier alpha value is -1.43. The second kappa shape index (κ2) is 6.13. The molecule has 1 atom stereocenters. The maximum Gasteiger partial charge on any atom is 0.270 e. The van der Waals surface area contributed by atoms with E-state index in [9.17, 15) is 14.9 Å². The van der Waals surface area contributed by atoms with Crippen LogP contribution in [0.1, 0.15) is 49.9 Å². The van der Waals surface area contributed by atoms with Gasteiger partial charge in [-0.05, 0) is 46.7 Å². The molecule has 1 aliphatic rings. The molecule has 0 radical (unpaired) electrons. The van der Waals surface area contributed by atoms with Crippen molar-refractivity contribution in [3.8, 4) is 0 Å². The van der Waals surface area contributed by atoms with E-state index in [-0.39, 0.29) is 23.1 Å². The Morgan fingerprint density at radius 2 is 2.19 bits per heavy atom. The third-order valence-corrected chi connectivity index (χ3v) is 4.64. The molecule has 1 saturated carbocycles. The average Bonchev–Trinajstić information content (AvgIpc) is 2.37. The predicted octanol–water partition coefficient (Wildman–Crippen LogP) is 4.06. The number of halogens is 1. The number of carbonyl (C=O) groups is 1. The second-order valence-corrected chi connectivity index (χ2v) is 7.21. The van der Waals surface area contributed by atoms with Crippen LogP contribution in [0.25, 0.3) is 0 Å². The number of nitrogens with zero attached hydrogens (tertiary/aromatic N) is 1. The van der Waals surface area contributed by atoms with E-state index in [2.05, 4.69) is 35.1 Å². The number of nitro benzene ring substituents is 1. The van der Waals surface area contributed by atoms with Gasteiger partial charge in [0.15, 0.2) is 0 Å². The Balaban J connectivity index is 2.13. The van der Waals surface area contributed by atoms with Crippen molar-refractivity contribution in [1.29, 1.82) is 0 Å². The van der Waals surface area contributed by atoms with E-state index in [1.54, 1.807) is 0 Å². The minimum atomic E-state index is -0.493. The fourth-order valence-corrected chi connectivity index (χ4v) is 3.31. The summed E-state index contributed by atoms with van der Waals surface area (Å²) < 4.78 is 0.570. The zero-order valence-corrected chi connectivity index (χ0v) is 13.8. The van der Waals surface area contributed by atoms with Gasteiger partial charge < -0.3 is 5.32 Å². The molecule has 5 nitrogen and oxygen atoms in total. The maximum atomic E-state index is 12.4. The van der Waals surface area contributed by atoms with Crippen molar-refractivity contribution in [3.63, 3.8) is 0 Å². The maximum absolute atomic E-state index is 12.4. The molecule has 0 bridgehead atoms. The first-order valence-corrected chi connectivity index (χ1v) is 7.83. The second-order valence-electron chi connectivity index (χ2n) is 6.35. The largest absolute Gasteiger partial charge is 0.349 e. The molecule has 1 N–H and O–H groups in total. The van der Waals surface area contributed by atoms with Gasteiger partial charge in [-0.2, -0.15) is 0 Å². The highest BCUT2D eigenvalue weighted by atomic mass is 79.9. The van der Waals surface area contributed by atoms with Gasteiger partial charge in [-0.1, -0.05) is 20.3 Å². The van der Waals surface area contributed by atoms with Crippen LogP contribution < -0.4 is 5.32 Å². The Bertz CT molecular complexity index is 572. The van der Waals surface area contributed by atoms with Crippen molar-refractivity contribution in [2.45, 2.75) is 45.6 Å². The summed E-state index contributed by atoms with van der Waals surface area (Å²) in [5.41, 5.74) is 0.468. The van der Waals surface area contributed by atoms with Crippen LogP contribution in [0.5, 0.6) is 0 Å². The van der Waals surface area contributed by atoms with Crippen LogP contribution in [0.4, 0.5) is 5.69 Å². The molecule has 6 heteroatoms. The summed E-state index contributed by atoms with van der Waals surface area (Å²) in [4.78, 5) is 22.7. The van der Waals surface area contributed by atoms with Crippen LogP contribution in [0.3, 0.4) is 0 Å². The Kier molecular flexibility index (Phi) is 4.66. The molecule has 1 fully saturated rings. The van der Waals surface area contributed by atoms with Gasteiger partial charge in [0.1, 0.15) is 0 Å². The third kappa shape index (κ3) is 4.03. The fourth-order valence-electron chi connectivity index (χ4n) is 2.89. The van der Waals surface area contributed by atoms with E-state index in [4.69, 9.17) is 0 Å². The molecule has 1 amide bonds. The number of benzene rings is 1. The van der Waals surface area contributed by atoms with E-state index >= 15 is 0 Å². The molecule has 1 aromatic carbocycles. The zero-order chi connectivity index (χ0) is 15.6. The lowest BCUT2D eigenvalue weighted by Crippen LogP contribution is -2.40. The van der Waals surface area contributed by atoms with Crippen molar-refractivity contribution in [2.75, 3.05) is 0 Å². The standard InChI is InChI=1S/C15H19BrN2O3/c1-15(2)7-3-4-10(9-15)17-14(19)12-8-11(18(20)21)5-6-13(12)16/h5-6,8,10H,3-4,7,9H2,1-2H3,(H,17,19). The zero-order valence-electron chi connectivity index (χ0n) is 12.2. The molecule has 1 aromatic rings. The number of hydrogen-bond donors (Lipinski definition) is 1. The number of hydrogen-bond acceptors (Lipinski definition) is 3. The van der Waals surface area contributed by atoms with Crippen LogP contribution in [-0.2, 0) is 0 Å². The van der Waals surface area contributed by atoms with Crippen LogP contribution in [-0.4, -0.2) is 16.9 Å². The van der Waals surface area contributed by atoms with Crippen molar-refractivity contribution in [2.24, 2.45) is 5.41 Å². The van der Waals surface area contributed by atoms with Crippen molar-refractivity contribution in [1.82, 2.24) is 5.32 Å².